The lowest BCUT2D eigenvalue weighted by Gasteiger charge is -2.16. The number of likely N-dealkylation sites (tertiary alicyclic amines) is 1. The Morgan fingerprint density at radius 3 is 2.70 bits per heavy atom. The third-order valence-electron chi connectivity index (χ3n) is 3.75. The third-order valence-corrected chi connectivity index (χ3v) is 3.75. The average molecular weight is 278 g/mol. The van der Waals surface area contributed by atoms with Crippen LogP contribution in [-0.2, 0) is 16.1 Å². The fourth-order valence-corrected chi connectivity index (χ4v) is 2.51. The molecule has 6 nitrogen and oxygen atoms in total. The van der Waals surface area contributed by atoms with Crippen LogP contribution in [-0.4, -0.2) is 39.5 Å². The van der Waals surface area contributed by atoms with E-state index >= 15 is 0 Å². The predicted molar refractivity (Wildman–Crippen MR) is 72.2 cm³/mol. The van der Waals surface area contributed by atoms with Gasteiger partial charge in [0.25, 0.3) is 5.56 Å². The van der Waals surface area contributed by atoms with E-state index < -0.39 is 11.9 Å². The minimum atomic E-state index is -0.855. The van der Waals surface area contributed by atoms with Crippen molar-refractivity contribution in [3.05, 3.63) is 34.7 Å². The molecule has 20 heavy (non-hydrogen) atoms. The quantitative estimate of drug-likeness (QED) is 0.865. The molecule has 1 N–H and O–H groups in total. The number of carbonyl (C=O) groups excluding carboxylic acids is 1. The summed E-state index contributed by atoms with van der Waals surface area (Å²) in [5, 5.41) is 9.04. The Balaban J connectivity index is 1.92. The monoisotopic (exact) mass is 278 g/mol. The second-order valence-electron chi connectivity index (χ2n) is 5.20. The SMILES string of the molecule is CC1CN(C(=O)CCn2ccccc2=O)CC1C(=O)O. The molecule has 0 aliphatic carbocycles. The minimum absolute atomic E-state index is 0.0316. The van der Waals surface area contributed by atoms with E-state index in [1.165, 1.54) is 10.6 Å². The van der Waals surface area contributed by atoms with Gasteiger partial charge in [-0.3, -0.25) is 14.4 Å². The van der Waals surface area contributed by atoms with Crippen molar-refractivity contribution >= 4 is 11.9 Å². The first-order valence-corrected chi connectivity index (χ1v) is 6.65. The van der Waals surface area contributed by atoms with Crippen LogP contribution in [0.25, 0.3) is 0 Å². The van der Waals surface area contributed by atoms with Gasteiger partial charge in [0.05, 0.1) is 5.92 Å². The van der Waals surface area contributed by atoms with Gasteiger partial charge in [0.15, 0.2) is 0 Å². The summed E-state index contributed by atoms with van der Waals surface area (Å²) >= 11 is 0. The van der Waals surface area contributed by atoms with Crippen LogP contribution in [0.3, 0.4) is 0 Å². The zero-order chi connectivity index (χ0) is 14.7. The molecule has 0 spiro atoms. The predicted octanol–water partition coefficient (Wildman–Crippen LogP) is 0.418. The summed E-state index contributed by atoms with van der Waals surface area (Å²) < 4.78 is 1.48. The number of carboxylic acids is 1. The Bertz CT molecular complexity index is 566. The Kier molecular flexibility index (Phi) is 4.22. The number of aromatic nitrogens is 1. The zero-order valence-corrected chi connectivity index (χ0v) is 11.4. The van der Waals surface area contributed by atoms with Crippen molar-refractivity contribution in [2.45, 2.75) is 19.9 Å². The van der Waals surface area contributed by atoms with Gasteiger partial charge in [0.1, 0.15) is 0 Å². The van der Waals surface area contributed by atoms with E-state index in [0.29, 0.717) is 13.1 Å². The van der Waals surface area contributed by atoms with Gasteiger partial charge in [-0.25, -0.2) is 0 Å². The molecule has 1 aromatic heterocycles. The zero-order valence-electron chi connectivity index (χ0n) is 11.4. The van der Waals surface area contributed by atoms with Crippen molar-refractivity contribution in [2.75, 3.05) is 13.1 Å². The van der Waals surface area contributed by atoms with Gasteiger partial charge >= 0.3 is 5.97 Å². The van der Waals surface area contributed by atoms with Crippen LogP contribution < -0.4 is 5.56 Å². The fourth-order valence-electron chi connectivity index (χ4n) is 2.51. The van der Waals surface area contributed by atoms with E-state index in [-0.39, 0.29) is 30.3 Å². The molecule has 2 rings (SSSR count). The van der Waals surface area contributed by atoms with Gasteiger partial charge in [-0.05, 0) is 12.0 Å². The molecule has 2 atom stereocenters. The van der Waals surface area contributed by atoms with Gasteiger partial charge in [0, 0.05) is 38.3 Å². The van der Waals surface area contributed by atoms with Crippen molar-refractivity contribution in [2.24, 2.45) is 11.8 Å². The molecule has 1 aromatic rings. The highest BCUT2D eigenvalue weighted by molar-refractivity contribution is 5.78. The van der Waals surface area contributed by atoms with Crippen molar-refractivity contribution in [1.82, 2.24) is 9.47 Å². The Morgan fingerprint density at radius 2 is 2.10 bits per heavy atom. The molecule has 0 aromatic carbocycles. The lowest BCUT2D eigenvalue weighted by molar-refractivity contribution is -0.142. The number of carbonyl (C=O) groups is 2. The summed E-state index contributed by atoms with van der Waals surface area (Å²) in [4.78, 5) is 36.2. The van der Waals surface area contributed by atoms with E-state index in [9.17, 15) is 14.4 Å². The van der Waals surface area contributed by atoms with Gasteiger partial charge in [0.2, 0.25) is 5.91 Å². The average Bonchev–Trinajstić information content (AvgIpc) is 2.80. The number of pyridine rings is 1. The van der Waals surface area contributed by atoms with Crippen LogP contribution in [0.2, 0.25) is 0 Å². The number of hydrogen-bond donors (Lipinski definition) is 1. The highest BCUT2D eigenvalue weighted by Crippen LogP contribution is 2.23. The molecule has 2 heterocycles. The van der Waals surface area contributed by atoms with Crippen LogP contribution in [0.4, 0.5) is 0 Å². The first-order valence-electron chi connectivity index (χ1n) is 6.65. The second kappa shape index (κ2) is 5.90. The van der Waals surface area contributed by atoms with Crippen LogP contribution in [0.5, 0.6) is 0 Å². The third kappa shape index (κ3) is 3.07. The topological polar surface area (TPSA) is 79.6 Å². The standard InChI is InChI=1S/C14H18N2O4/c1-10-8-16(9-11(10)14(19)20)13(18)5-7-15-6-3-2-4-12(15)17/h2-4,6,10-11H,5,7-9H2,1H3,(H,19,20). The molecule has 0 bridgehead atoms. The molecular weight excluding hydrogens is 260 g/mol. The summed E-state index contributed by atoms with van der Waals surface area (Å²) in [5.41, 5.74) is -0.140. The van der Waals surface area contributed by atoms with Crippen LogP contribution in [0, 0.1) is 11.8 Å². The van der Waals surface area contributed by atoms with Crippen molar-refractivity contribution in [3.63, 3.8) is 0 Å². The highest BCUT2D eigenvalue weighted by Gasteiger charge is 2.36. The Labute approximate surface area is 116 Å². The molecule has 1 aliphatic heterocycles. The molecule has 2 unspecified atom stereocenters. The van der Waals surface area contributed by atoms with Gasteiger partial charge in [-0.15, -0.1) is 0 Å². The molecule has 0 radical (unpaired) electrons. The lowest BCUT2D eigenvalue weighted by atomic mass is 9.99. The summed E-state index contributed by atoms with van der Waals surface area (Å²) in [7, 11) is 0. The highest BCUT2D eigenvalue weighted by atomic mass is 16.4. The lowest BCUT2D eigenvalue weighted by Crippen LogP contribution is -2.31. The van der Waals surface area contributed by atoms with Crippen molar-refractivity contribution < 1.29 is 14.7 Å². The molecule has 6 heteroatoms. The van der Waals surface area contributed by atoms with E-state index in [1.807, 2.05) is 6.92 Å². The van der Waals surface area contributed by atoms with E-state index in [4.69, 9.17) is 5.11 Å². The molecular formula is C14H18N2O4. The minimum Gasteiger partial charge on any atom is -0.481 e. The van der Waals surface area contributed by atoms with Gasteiger partial charge in [-0.1, -0.05) is 13.0 Å². The fraction of sp³-hybridized carbons (Fsp3) is 0.500. The number of amides is 1. The number of hydrogen-bond acceptors (Lipinski definition) is 3. The maximum Gasteiger partial charge on any atom is 0.308 e. The van der Waals surface area contributed by atoms with Crippen LogP contribution in [0.1, 0.15) is 13.3 Å². The Hall–Kier alpha value is -2.11. The summed E-state index contributed by atoms with van der Waals surface area (Å²) in [6.07, 6.45) is 1.85. The molecule has 1 aliphatic rings. The number of carboxylic acid groups (broad SMARTS) is 1. The number of aryl methyl sites for hydroxylation is 1. The Morgan fingerprint density at radius 1 is 1.35 bits per heavy atom. The first kappa shape index (κ1) is 14.3. The summed E-state index contributed by atoms with van der Waals surface area (Å²) in [6.45, 7) is 2.90. The second-order valence-corrected chi connectivity index (χ2v) is 5.20. The van der Waals surface area contributed by atoms with Crippen molar-refractivity contribution in [3.8, 4) is 0 Å². The van der Waals surface area contributed by atoms with Gasteiger partial charge in [-0.2, -0.15) is 0 Å². The molecule has 0 saturated carbocycles. The largest absolute Gasteiger partial charge is 0.481 e. The first-order chi connectivity index (χ1) is 9.49. The normalized spacial score (nSPS) is 21.9. The van der Waals surface area contributed by atoms with E-state index in [2.05, 4.69) is 0 Å². The smallest absolute Gasteiger partial charge is 0.308 e. The van der Waals surface area contributed by atoms with E-state index in [1.54, 1.807) is 23.2 Å². The molecule has 1 fully saturated rings. The summed E-state index contributed by atoms with van der Waals surface area (Å²) in [6, 6.07) is 4.84. The molecule has 1 saturated heterocycles. The number of nitrogens with zero attached hydrogens (tertiary/aromatic N) is 2. The van der Waals surface area contributed by atoms with E-state index in [0.717, 1.165) is 0 Å². The van der Waals surface area contributed by atoms with Gasteiger partial charge < -0.3 is 14.6 Å². The molecule has 1 amide bonds. The summed E-state index contributed by atoms with van der Waals surface area (Å²) in [5.74, 6) is -1.47. The number of rotatable bonds is 4. The number of aliphatic carboxylic acids is 1. The maximum atomic E-state index is 12.1. The maximum absolute atomic E-state index is 12.1. The van der Waals surface area contributed by atoms with Crippen molar-refractivity contribution in [1.29, 1.82) is 0 Å². The van der Waals surface area contributed by atoms with Crippen LogP contribution in [0.15, 0.2) is 29.2 Å². The molecule has 108 valence electrons. The van der Waals surface area contributed by atoms with Crippen LogP contribution >= 0.6 is 0 Å².